The molecule has 0 spiro atoms. The number of hydrogen-bond donors (Lipinski definition) is 1. The van der Waals surface area contributed by atoms with Crippen LogP contribution in [0.3, 0.4) is 0 Å². The van der Waals surface area contributed by atoms with Crippen LogP contribution in [0.15, 0.2) is 48.5 Å². The third-order valence-electron chi connectivity index (χ3n) is 3.41. The van der Waals surface area contributed by atoms with Crippen LogP contribution in [0, 0.1) is 0 Å². The third kappa shape index (κ3) is 6.37. The van der Waals surface area contributed by atoms with E-state index in [1.165, 1.54) is 0 Å². The number of nitrogens with one attached hydrogen (secondary N) is 1. The van der Waals surface area contributed by atoms with Crippen molar-refractivity contribution in [3.05, 3.63) is 48.5 Å². The van der Waals surface area contributed by atoms with Crippen molar-refractivity contribution in [1.82, 2.24) is 0 Å². The number of amides is 1. The van der Waals surface area contributed by atoms with Gasteiger partial charge in [-0.1, -0.05) is 25.5 Å². The van der Waals surface area contributed by atoms with E-state index in [1.54, 1.807) is 6.07 Å². The Morgan fingerprint density at radius 3 is 2.24 bits per heavy atom. The zero-order valence-electron chi connectivity index (χ0n) is 14.8. The number of anilines is 1. The van der Waals surface area contributed by atoms with Crippen LogP contribution >= 0.6 is 0 Å². The molecule has 0 saturated heterocycles. The summed E-state index contributed by atoms with van der Waals surface area (Å²) in [6, 6.07) is 14.6. The number of benzene rings is 2. The van der Waals surface area contributed by atoms with Gasteiger partial charge >= 0.3 is 0 Å². The number of unbranched alkanes of at least 4 members (excludes halogenated alkanes) is 1. The fraction of sp³-hybridized carbons (Fsp3) is 0.350. The van der Waals surface area contributed by atoms with Crippen molar-refractivity contribution in [2.45, 2.75) is 26.7 Å². The maximum absolute atomic E-state index is 12.0. The van der Waals surface area contributed by atoms with Gasteiger partial charge in [-0.2, -0.15) is 0 Å². The highest BCUT2D eigenvalue weighted by Gasteiger charge is 2.08. The molecule has 2 aromatic rings. The Hall–Kier alpha value is -2.69. The van der Waals surface area contributed by atoms with E-state index in [0.717, 1.165) is 18.6 Å². The fourth-order valence-corrected chi connectivity index (χ4v) is 2.15. The number of para-hydroxylation sites is 2. The van der Waals surface area contributed by atoms with E-state index in [2.05, 4.69) is 12.2 Å². The average molecular weight is 343 g/mol. The Morgan fingerprint density at radius 1 is 0.920 bits per heavy atom. The molecule has 134 valence electrons. The number of carbonyl (C=O) groups is 1. The lowest BCUT2D eigenvalue weighted by Crippen LogP contribution is -2.20. The van der Waals surface area contributed by atoms with E-state index >= 15 is 0 Å². The monoisotopic (exact) mass is 343 g/mol. The normalized spacial score (nSPS) is 10.2. The SMILES string of the molecule is CCCCOc1ccc(NC(=O)COc2ccccc2OCC)cc1. The van der Waals surface area contributed by atoms with Crippen LogP contribution in [0.1, 0.15) is 26.7 Å². The summed E-state index contributed by atoms with van der Waals surface area (Å²) in [4.78, 5) is 12.0. The van der Waals surface area contributed by atoms with Crippen molar-refractivity contribution < 1.29 is 19.0 Å². The lowest BCUT2D eigenvalue weighted by molar-refractivity contribution is -0.118. The van der Waals surface area contributed by atoms with Gasteiger partial charge in [0.15, 0.2) is 18.1 Å². The molecule has 0 heterocycles. The zero-order valence-corrected chi connectivity index (χ0v) is 14.8. The molecule has 5 nitrogen and oxygen atoms in total. The predicted molar refractivity (Wildman–Crippen MR) is 98.6 cm³/mol. The van der Waals surface area contributed by atoms with Crippen molar-refractivity contribution in [3.8, 4) is 17.2 Å². The Balaban J connectivity index is 1.82. The molecule has 2 rings (SSSR count). The predicted octanol–water partition coefficient (Wildman–Crippen LogP) is 4.28. The average Bonchev–Trinajstić information content (AvgIpc) is 2.63. The van der Waals surface area contributed by atoms with E-state index in [9.17, 15) is 4.79 Å². The highest BCUT2D eigenvalue weighted by molar-refractivity contribution is 5.91. The fourth-order valence-electron chi connectivity index (χ4n) is 2.15. The Morgan fingerprint density at radius 2 is 1.60 bits per heavy atom. The van der Waals surface area contributed by atoms with Gasteiger partial charge in [0, 0.05) is 5.69 Å². The molecule has 2 aromatic carbocycles. The van der Waals surface area contributed by atoms with Crippen LogP contribution in [-0.2, 0) is 4.79 Å². The molecule has 0 aromatic heterocycles. The molecule has 1 N–H and O–H groups in total. The number of ether oxygens (including phenoxy) is 3. The summed E-state index contributed by atoms with van der Waals surface area (Å²) in [5, 5.41) is 2.80. The van der Waals surface area contributed by atoms with E-state index < -0.39 is 0 Å². The van der Waals surface area contributed by atoms with Gasteiger partial charge in [0.25, 0.3) is 5.91 Å². The molecule has 25 heavy (non-hydrogen) atoms. The molecule has 0 atom stereocenters. The van der Waals surface area contributed by atoms with Gasteiger partial charge in [-0.25, -0.2) is 0 Å². The van der Waals surface area contributed by atoms with Crippen molar-refractivity contribution in [2.75, 3.05) is 25.1 Å². The first-order valence-corrected chi connectivity index (χ1v) is 8.60. The van der Waals surface area contributed by atoms with Crippen LogP contribution in [0.4, 0.5) is 5.69 Å². The summed E-state index contributed by atoms with van der Waals surface area (Å²) in [7, 11) is 0. The van der Waals surface area contributed by atoms with Gasteiger partial charge in [0.1, 0.15) is 5.75 Å². The van der Waals surface area contributed by atoms with E-state index in [4.69, 9.17) is 14.2 Å². The highest BCUT2D eigenvalue weighted by atomic mass is 16.5. The van der Waals surface area contributed by atoms with Gasteiger partial charge in [-0.15, -0.1) is 0 Å². The van der Waals surface area contributed by atoms with Crippen LogP contribution in [0.2, 0.25) is 0 Å². The number of carbonyl (C=O) groups excluding carboxylic acids is 1. The second kappa shape index (κ2) is 10.2. The third-order valence-corrected chi connectivity index (χ3v) is 3.41. The van der Waals surface area contributed by atoms with Gasteiger partial charge in [-0.3, -0.25) is 4.79 Å². The van der Waals surface area contributed by atoms with Gasteiger partial charge in [-0.05, 0) is 49.7 Å². The van der Waals surface area contributed by atoms with Crippen LogP contribution in [-0.4, -0.2) is 25.7 Å². The quantitative estimate of drug-likeness (QED) is 0.654. The van der Waals surface area contributed by atoms with Crippen LogP contribution in [0.5, 0.6) is 17.2 Å². The summed E-state index contributed by atoms with van der Waals surface area (Å²) < 4.78 is 16.6. The topological polar surface area (TPSA) is 56.8 Å². The minimum absolute atomic E-state index is 0.0845. The maximum Gasteiger partial charge on any atom is 0.262 e. The first-order valence-electron chi connectivity index (χ1n) is 8.60. The summed E-state index contributed by atoms with van der Waals surface area (Å²) in [5.74, 6) is 1.75. The van der Waals surface area contributed by atoms with E-state index in [-0.39, 0.29) is 12.5 Å². The molecule has 5 heteroatoms. The largest absolute Gasteiger partial charge is 0.494 e. The first kappa shape index (κ1) is 18.6. The summed E-state index contributed by atoms with van der Waals surface area (Å²) in [5.41, 5.74) is 0.703. The molecule has 0 unspecified atom stereocenters. The zero-order chi connectivity index (χ0) is 17.9. The molecule has 0 fully saturated rings. The summed E-state index contributed by atoms with van der Waals surface area (Å²) in [6.45, 7) is 5.18. The standard InChI is InChI=1S/C20H25NO4/c1-3-5-14-24-17-12-10-16(11-13-17)21-20(22)15-25-19-9-7-6-8-18(19)23-4-2/h6-13H,3-5,14-15H2,1-2H3,(H,21,22). The second-order valence-corrected chi connectivity index (χ2v) is 5.44. The Kier molecular flexibility index (Phi) is 7.63. The molecular formula is C20H25NO4. The molecule has 0 bridgehead atoms. The number of rotatable bonds is 10. The smallest absolute Gasteiger partial charge is 0.262 e. The summed E-state index contributed by atoms with van der Waals surface area (Å²) >= 11 is 0. The van der Waals surface area contributed by atoms with Crippen molar-refractivity contribution in [2.24, 2.45) is 0 Å². The first-order chi connectivity index (χ1) is 12.2. The summed E-state index contributed by atoms with van der Waals surface area (Å²) in [6.07, 6.45) is 2.12. The highest BCUT2D eigenvalue weighted by Crippen LogP contribution is 2.26. The molecule has 1 amide bonds. The minimum Gasteiger partial charge on any atom is -0.494 e. The van der Waals surface area contributed by atoms with E-state index in [0.29, 0.717) is 30.4 Å². The van der Waals surface area contributed by atoms with Gasteiger partial charge in [0.2, 0.25) is 0 Å². The second-order valence-electron chi connectivity index (χ2n) is 5.44. The van der Waals surface area contributed by atoms with Gasteiger partial charge < -0.3 is 19.5 Å². The molecule has 0 aliphatic heterocycles. The van der Waals surface area contributed by atoms with Crippen LogP contribution in [0.25, 0.3) is 0 Å². The molecule has 0 aliphatic carbocycles. The molecule has 0 radical (unpaired) electrons. The molecule has 0 aliphatic rings. The van der Waals surface area contributed by atoms with Gasteiger partial charge in [0.05, 0.1) is 13.2 Å². The van der Waals surface area contributed by atoms with E-state index in [1.807, 2.05) is 49.4 Å². The Labute approximate surface area is 148 Å². The minimum atomic E-state index is -0.231. The Bertz CT molecular complexity index is 655. The molecule has 0 saturated carbocycles. The molecular weight excluding hydrogens is 318 g/mol. The van der Waals surface area contributed by atoms with Crippen molar-refractivity contribution in [1.29, 1.82) is 0 Å². The van der Waals surface area contributed by atoms with Crippen LogP contribution < -0.4 is 19.5 Å². The lowest BCUT2D eigenvalue weighted by atomic mass is 10.3. The number of hydrogen-bond acceptors (Lipinski definition) is 4. The lowest BCUT2D eigenvalue weighted by Gasteiger charge is -2.12. The van der Waals surface area contributed by atoms with Crippen molar-refractivity contribution >= 4 is 11.6 Å². The maximum atomic E-state index is 12.0. The van der Waals surface area contributed by atoms with Crippen molar-refractivity contribution in [3.63, 3.8) is 0 Å².